The van der Waals surface area contributed by atoms with Crippen molar-refractivity contribution in [2.75, 3.05) is 32.8 Å². The van der Waals surface area contributed by atoms with Crippen molar-refractivity contribution in [2.45, 2.75) is 32.5 Å². The van der Waals surface area contributed by atoms with Crippen LogP contribution in [0.4, 0.5) is 0 Å². The van der Waals surface area contributed by atoms with Crippen LogP contribution in [0.2, 0.25) is 0 Å². The molecule has 1 aromatic rings. The van der Waals surface area contributed by atoms with E-state index in [0.29, 0.717) is 25.4 Å². The number of rotatable bonds is 8. The molecule has 1 saturated heterocycles. The molecule has 22 heavy (non-hydrogen) atoms. The second kappa shape index (κ2) is 8.81. The minimum Gasteiger partial charge on any atom is -0.489 e. The van der Waals surface area contributed by atoms with Gasteiger partial charge in [-0.05, 0) is 26.0 Å². The zero-order valence-corrected chi connectivity index (χ0v) is 13.7. The predicted octanol–water partition coefficient (Wildman–Crippen LogP) is 1.71. The van der Waals surface area contributed by atoms with Crippen LogP contribution < -0.4 is 14.4 Å². The number of nitrogens with one attached hydrogen (secondary N) is 1. The van der Waals surface area contributed by atoms with Gasteiger partial charge in [-0.25, -0.2) is 0 Å². The van der Waals surface area contributed by atoms with E-state index < -0.39 is 0 Å². The van der Waals surface area contributed by atoms with E-state index in [2.05, 4.69) is 20.4 Å². The smallest absolute Gasteiger partial charge is 0.161 e. The first-order chi connectivity index (χ1) is 10.7. The second-order valence-electron chi connectivity index (χ2n) is 5.91. The fourth-order valence-electron chi connectivity index (χ4n) is 2.93. The number of hydrogen-bond donors (Lipinski definition) is 1. The highest BCUT2D eigenvalue weighted by Crippen LogP contribution is 2.26. The van der Waals surface area contributed by atoms with Crippen LogP contribution in [0.15, 0.2) is 36.9 Å². The molecule has 1 N–H and O–H groups in total. The average molecular weight is 306 g/mol. The van der Waals surface area contributed by atoms with E-state index in [4.69, 9.17) is 14.2 Å². The summed E-state index contributed by atoms with van der Waals surface area (Å²) in [6.45, 7) is 12.5. The Morgan fingerprint density at radius 2 is 1.82 bits per heavy atom. The third-order valence-electron chi connectivity index (χ3n) is 3.75. The lowest BCUT2D eigenvalue weighted by Gasteiger charge is -2.32. The van der Waals surface area contributed by atoms with Gasteiger partial charge >= 0.3 is 0 Å². The van der Waals surface area contributed by atoms with Gasteiger partial charge in [0.2, 0.25) is 0 Å². The molecular weight excluding hydrogens is 278 g/mol. The van der Waals surface area contributed by atoms with Gasteiger partial charge in [0, 0.05) is 6.42 Å². The highest BCUT2D eigenvalue weighted by Gasteiger charge is 2.24. The Morgan fingerprint density at radius 1 is 1.18 bits per heavy atom. The summed E-state index contributed by atoms with van der Waals surface area (Å²) in [6, 6.07) is 7.79. The highest BCUT2D eigenvalue weighted by atomic mass is 16.5. The first kappa shape index (κ1) is 16.8. The van der Waals surface area contributed by atoms with Gasteiger partial charge < -0.3 is 19.1 Å². The number of ether oxygens (including phenoxy) is 3. The van der Waals surface area contributed by atoms with Crippen molar-refractivity contribution in [3.63, 3.8) is 0 Å². The molecule has 1 aliphatic heterocycles. The molecule has 1 heterocycles. The summed E-state index contributed by atoms with van der Waals surface area (Å²) in [7, 11) is 0. The molecule has 0 unspecified atom stereocenters. The summed E-state index contributed by atoms with van der Waals surface area (Å²) in [5.74, 6) is 1.59. The van der Waals surface area contributed by atoms with Gasteiger partial charge in [-0.1, -0.05) is 24.8 Å². The number of hydrogen-bond acceptors (Lipinski definition) is 3. The lowest BCUT2D eigenvalue weighted by Crippen LogP contribution is -3.15. The average Bonchev–Trinajstić information content (AvgIpc) is 2.49. The minimum absolute atomic E-state index is 0.354. The fraction of sp³-hybridized carbons (Fsp3) is 0.556. The molecule has 4 nitrogen and oxygen atoms in total. The predicted molar refractivity (Wildman–Crippen MR) is 87.8 cm³/mol. The Balaban J connectivity index is 1.73. The van der Waals surface area contributed by atoms with Crippen molar-refractivity contribution in [3.05, 3.63) is 36.9 Å². The largest absolute Gasteiger partial charge is 0.489 e. The molecular formula is C18H28NO3+. The number of quaternary nitrogens is 1. The maximum Gasteiger partial charge on any atom is 0.161 e. The van der Waals surface area contributed by atoms with Gasteiger partial charge in [-0.15, -0.1) is 0 Å². The Labute approximate surface area is 133 Å². The van der Waals surface area contributed by atoms with Crippen molar-refractivity contribution in [3.8, 4) is 11.5 Å². The Bertz CT molecular complexity index is 453. The van der Waals surface area contributed by atoms with Crippen LogP contribution in [0.3, 0.4) is 0 Å². The first-order valence-electron chi connectivity index (χ1n) is 8.13. The molecule has 0 saturated carbocycles. The third kappa shape index (κ3) is 5.35. The van der Waals surface area contributed by atoms with Crippen molar-refractivity contribution in [2.24, 2.45) is 0 Å². The van der Waals surface area contributed by atoms with Crippen LogP contribution in [-0.2, 0) is 4.74 Å². The summed E-state index contributed by atoms with van der Waals surface area (Å²) >= 11 is 0. The van der Waals surface area contributed by atoms with E-state index in [-0.39, 0.29) is 0 Å². The maximum absolute atomic E-state index is 5.88. The molecule has 1 aromatic carbocycles. The second-order valence-corrected chi connectivity index (χ2v) is 5.91. The molecule has 2 atom stereocenters. The Morgan fingerprint density at radius 3 is 2.45 bits per heavy atom. The van der Waals surface area contributed by atoms with Gasteiger partial charge in [0.15, 0.2) is 11.5 Å². The van der Waals surface area contributed by atoms with Crippen LogP contribution >= 0.6 is 0 Å². The molecule has 0 spiro atoms. The SMILES string of the molecule is C=CCOc1ccccc1OCCC[NH+]1C[C@H](C)O[C@@H](C)C1. The molecule has 1 fully saturated rings. The van der Waals surface area contributed by atoms with E-state index in [1.54, 1.807) is 11.0 Å². The summed E-state index contributed by atoms with van der Waals surface area (Å²) in [4.78, 5) is 1.60. The quantitative estimate of drug-likeness (QED) is 0.586. The van der Waals surface area contributed by atoms with E-state index in [0.717, 1.165) is 37.6 Å². The Kier molecular flexibility index (Phi) is 6.74. The molecule has 0 bridgehead atoms. The fourth-order valence-corrected chi connectivity index (χ4v) is 2.93. The lowest BCUT2D eigenvalue weighted by atomic mass is 10.2. The molecule has 4 heteroatoms. The molecule has 2 rings (SSSR count). The summed E-state index contributed by atoms with van der Waals surface area (Å²) in [5, 5.41) is 0. The van der Waals surface area contributed by atoms with Gasteiger partial charge in [0.25, 0.3) is 0 Å². The number of morpholine rings is 1. The molecule has 0 aliphatic carbocycles. The van der Waals surface area contributed by atoms with Crippen LogP contribution in [0.25, 0.3) is 0 Å². The van der Waals surface area contributed by atoms with Gasteiger partial charge in [0.05, 0.1) is 13.2 Å². The van der Waals surface area contributed by atoms with Crippen molar-refractivity contribution < 1.29 is 19.1 Å². The molecule has 1 aliphatic rings. The third-order valence-corrected chi connectivity index (χ3v) is 3.75. The summed E-state index contributed by atoms with van der Waals surface area (Å²) in [5.41, 5.74) is 0. The molecule has 122 valence electrons. The van der Waals surface area contributed by atoms with Crippen LogP contribution in [-0.4, -0.2) is 45.1 Å². The standard InChI is InChI=1S/C18H27NO3/c1-4-11-20-17-8-5-6-9-18(17)21-12-7-10-19-13-15(2)22-16(3)14-19/h4-6,8-9,15-16H,1,7,10-14H2,2-3H3/p+1/t15-,16-/m0/s1. The van der Waals surface area contributed by atoms with Gasteiger partial charge in [-0.2, -0.15) is 0 Å². The monoisotopic (exact) mass is 306 g/mol. The highest BCUT2D eigenvalue weighted by molar-refractivity contribution is 5.39. The normalized spacial score (nSPS) is 24.7. The summed E-state index contributed by atoms with van der Waals surface area (Å²) < 4.78 is 17.2. The number of para-hydroxylation sites is 2. The lowest BCUT2D eigenvalue weighted by molar-refractivity contribution is -0.915. The van der Waals surface area contributed by atoms with E-state index >= 15 is 0 Å². The van der Waals surface area contributed by atoms with Crippen molar-refractivity contribution in [1.29, 1.82) is 0 Å². The van der Waals surface area contributed by atoms with Gasteiger partial charge in [0.1, 0.15) is 31.9 Å². The summed E-state index contributed by atoms with van der Waals surface area (Å²) in [6.07, 6.45) is 3.48. The zero-order valence-electron chi connectivity index (χ0n) is 13.7. The number of benzene rings is 1. The van der Waals surface area contributed by atoms with E-state index in [9.17, 15) is 0 Å². The van der Waals surface area contributed by atoms with E-state index in [1.165, 1.54) is 0 Å². The molecule has 0 amide bonds. The topological polar surface area (TPSA) is 32.1 Å². The van der Waals surface area contributed by atoms with Crippen molar-refractivity contribution >= 4 is 0 Å². The molecule has 0 radical (unpaired) electrons. The molecule has 0 aromatic heterocycles. The maximum atomic E-state index is 5.88. The zero-order chi connectivity index (χ0) is 15.8. The van der Waals surface area contributed by atoms with Crippen LogP contribution in [0.5, 0.6) is 11.5 Å². The van der Waals surface area contributed by atoms with Gasteiger partial charge in [-0.3, -0.25) is 0 Å². The minimum atomic E-state index is 0.354. The van der Waals surface area contributed by atoms with E-state index in [1.807, 2.05) is 24.3 Å². The first-order valence-corrected chi connectivity index (χ1v) is 8.13. The Hall–Kier alpha value is -1.52. The van der Waals surface area contributed by atoms with Crippen LogP contribution in [0, 0.1) is 0 Å². The van der Waals surface area contributed by atoms with Crippen LogP contribution in [0.1, 0.15) is 20.3 Å². The van der Waals surface area contributed by atoms with Crippen molar-refractivity contribution in [1.82, 2.24) is 0 Å².